The number of methoxy groups -OCH3 is 1. The Morgan fingerprint density at radius 1 is 1.46 bits per heavy atom. The molecular formula is C17H23N3O3S. The van der Waals surface area contributed by atoms with Crippen LogP contribution in [0.15, 0.2) is 4.79 Å². The molecule has 24 heavy (non-hydrogen) atoms. The van der Waals surface area contributed by atoms with Crippen LogP contribution in [0.4, 0.5) is 0 Å². The van der Waals surface area contributed by atoms with Gasteiger partial charge in [0.05, 0.1) is 19.0 Å². The molecule has 0 aromatic carbocycles. The number of thiophene rings is 1. The van der Waals surface area contributed by atoms with Gasteiger partial charge in [-0.2, -0.15) is 0 Å². The summed E-state index contributed by atoms with van der Waals surface area (Å²) in [5.74, 6) is 0.266. The molecule has 0 radical (unpaired) electrons. The van der Waals surface area contributed by atoms with Gasteiger partial charge in [0.25, 0.3) is 5.56 Å². The SMILES string of the molecule is CCc1c(C(=O)OC)sc2nc(CN3CCCC[C@H]3C)[nH]c(=O)c12. The number of esters is 1. The molecule has 2 aromatic rings. The maximum Gasteiger partial charge on any atom is 0.348 e. The van der Waals surface area contributed by atoms with E-state index in [1.54, 1.807) is 0 Å². The van der Waals surface area contributed by atoms with Crippen LogP contribution in [-0.2, 0) is 17.7 Å². The van der Waals surface area contributed by atoms with Gasteiger partial charge in [0.2, 0.25) is 0 Å². The van der Waals surface area contributed by atoms with Crippen molar-refractivity contribution in [3.63, 3.8) is 0 Å². The molecule has 1 fully saturated rings. The molecule has 1 aliphatic heterocycles. The topological polar surface area (TPSA) is 75.3 Å². The lowest BCUT2D eigenvalue weighted by Gasteiger charge is -2.32. The van der Waals surface area contributed by atoms with Crippen LogP contribution in [0.1, 0.15) is 54.2 Å². The molecular weight excluding hydrogens is 326 g/mol. The van der Waals surface area contributed by atoms with E-state index < -0.39 is 5.97 Å². The summed E-state index contributed by atoms with van der Waals surface area (Å²) in [4.78, 5) is 35.5. The number of aryl methyl sites for hydroxylation is 1. The van der Waals surface area contributed by atoms with Gasteiger partial charge in [-0.1, -0.05) is 13.3 Å². The summed E-state index contributed by atoms with van der Waals surface area (Å²) in [6, 6.07) is 0.500. The normalized spacial score (nSPS) is 18.9. The Morgan fingerprint density at radius 2 is 2.25 bits per heavy atom. The molecule has 0 amide bonds. The average Bonchev–Trinajstić information content (AvgIpc) is 2.95. The number of carbonyl (C=O) groups is 1. The highest BCUT2D eigenvalue weighted by molar-refractivity contribution is 7.20. The number of fused-ring (bicyclic) bond motifs is 1. The maximum absolute atomic E-state index is 12.6. The van der Waals surface area contributed by atoms with Gasteiger partial charge in [0, 0.05) is 6.04 Å². The first-order valence-electron chi connectivity index (χ1n) is 8.42. The van der Waals surface area contributed by atoms with Crippen molar-refractivity contribution < 1.29 is 9.53 Å². The van der Waals surface area contributed by atoms with E-state index in [9.17, 15) is 9.59 Å². The van der Waals surface area contributed by atoms with Gasteiger partial charge < -0.3 is 9.72 Å². The van der Waals surface area contributed by atoms with Crippen molar-refractivity contribution in [3.05, 3.63) is 26.6 Å². The van der Waals surface area contributed by atoms with Crippen molar-refractivity contribution in [2.75, 3.05) is 13.7 Å². The molecule has 130 valence electrons. The molecule has 1 saturated heterocycles. The molecule has 0 aliphatic carbocycles. The highest BCUT2D eigenvalue weighted by atomic mass is 32.1. The van der Waals surface area contributed by atoms with Crippen molar-refractivity contribution in [2.45, 2.75) is 52.1 Å². The second-order valence-corrected chi connectivity index (χ2v) is 7.26. The zero-order valence-corrected chi connectivity index (χ0v) is 15.2. The minimum atomic E-state index is -0.402. The maximum atomic E-state index is 12.6. The predicted molar refractivity (Wildman–Crippen MR) is 94.7 cm³/mol. The summed E-state index contributed by atoms with van der Waals surface area (Å²) in [6.45, 7) is 5.81. The summed E-state index contributed by atoms with van der Waals surface area (Å²) in [6.07, 6.45) is 4.21. The summed E-state index contributed by atoms with van der Waals surface area (Å²) in [5.41, 5.74) is 0.566. The van der Waals surface area contributed by atoms with E-state index in [4.69, 9.17) is 4.74 Å². The van der Waals surface area contributed by atoms with E-state index in [1.165, 1.54) is 37.7 Å². The standard InChI is InChI=1S/C17H23N3O3S/c1-4-11-13-15(21)18-12(9-20-8-6-5-7-10(20)2)19-16(13)24-14(11)17(22)23-3/h10H,4-9H2,1-3H3,(H,18,19,21)/t10-/m1/s1. The third-order valence-corrected chi connectivity index (χ3v) is 5.83. The Labute approximate surface area is 144 Å². The fourth-order valence-electron chi connectivity index (χ4n) is 3.36. The number of aromatic nitrogens is 2. The first-order valence-corrected chi connectivity index (χ1v) is 9.23. The largest absolute Gasteiger partial charge is 0.465 e. The molecule has 1 aliphatic rings. The number of hydrogen-bond acceptors (Lipinski definition) is 6. The summed E-state index contributed by atoms with van der Waals surface area (Å²) >= 11 is 1.25. The fourth-order valence-corrected chi connectivity index (χ4v) is 4.57. The molecule has 1 N–H and O–H groups in total. The number of nitrogens with one attached hydrogen (secondary N) is 1. The van der Waals surface area contributed by atoms with Gasteiger partial charge in [-0.25, -0.2) is 9.78 Å². The lowest BCUT2D eigenvalue weighted by atomic mass is 10.0. The van der Waals surface area contributed by atoms with Crippen molar-refractivity contribution in [1.29, 1.82) is 0 Å². The van der Waals surface area contributed by atoms with Gasteiger partial charge in [-0.15, -0.1) is 11.3 Å². The second-order valence-electron chi connectivity index (χ2n) is 6.26. The Bertz CT molecular complexity index is 811. The molecule has 3 heterocycles. The van der Waals surface area contributed by atoms with E-state index in [0.29, 0.717) is 39.9 Å². The third-order valence-electron chi connectivity index (χ3n) is 4.73. The van der Waals surface area contributed by atoms with Crippen LogP contribution < -0.4 is 5.56 Å². The monoisotopic (exact) mass is 349 g/mol. The number of rotatable bonds is 4. The number of carbonyl (C=O) groups excluding carboxylic acids is 1. The molecule has 2 aromatic heterocycles. The number of ether oxygens (including phenoxy) is 1. The zero-order valence-electron chi connectivity index (χ0n) is 14.3. The molecule has 6 nitrogen and oxygen atoms in total. The Kier molecular flexibility index (Phi) is 5.01. The van der Waals surface area contributed by atoms with Crippen LogP contribution in [0.2, 0.25) is 0 Å². The van der Waals surface area contributed by atoms with Crippen LogP contribution >= 0.6 is 11.3 Å². The molecule has 7 heteroatoms. The van der Waals surface area contributed by atoms with Crippen molar-refractivity contribution in [2.24, 2.45) is 0 Å². The number of nitrogens with zero attached hydrogens (tertiary/aromatic N) is 2. The van der Waals surface area contributed by atoms with Gasteiger partial charge >= 0.3 is 5.97 Å². The van der Waals surface area contributed by atoms with E-state index >= 15 is 0 Å². The van der Waals surface area contributed by atoms with Crippen molar-refractivity contribution >= 4 is 27.5 Å². The van der Waals surface area contributed by atoms with Gasteiger partial charge in [-0.3, -0.25) is 9.69 Å². The van der Waals surface area contributed by atoms with Crippen LogP contribution in [0.25, 0.3) is 10.2 Å². The minimum Gasteiger partial charge on any atom is -0.465 e. The predicted octanol–water partition coefficient (Wildman–Crippen LogP) is 2.71. The molecule has 3 rings (SSSR count). The quantitative estimate of drug-likeness (QED) is 0.859. The van der Waals surface area contributed by atoms with Crippen molar-refractivity contribution in [1.82, 2.24) is 14.9 Å². The first-order chi connectivity index (χ1) is 11.5. The van der Waals surface area contributed by atoms with Crippen molar-refractivity contribution in [3.8, 4) is 0 Å². The van der Waals surface area contributed by atoms with Crippen LogP contribution in [0.3, 0.4) is 0 Å². The Balaban J connectivity index is 2.00. The van der Waals surface area contributed by atoms with E-state index in [1.807, 2.05) is 6.92 Å². The van der Waals surface area contributed by atoms with E-state index in [2.05, 4.69) is 21.8 Å². The summed E-state index contributed by atoms with van der Waals surface area (Å²) < 4.78 is 4.84. The van der Waals surface area contributed by atoms with Crippen LogP contribution in [-0.4, -0.2) is 40.5 Å². The third kappa shape index (κ3) is 3.10. The Hall–Kier alpha value is -1.73. The summed E-state index contributed by atoms with van der Waals surface area (Å²) in [5, 5.41) is 0.526. The molecule has 0 saturated carbocycles. The number of hydrogen-bond donors (Lipinski definition) is 1. The first kappa shape index (κ1) is 17.1. The molecule has 0 unspecified atom stereocenters. The number of likely N-dealkylation sites (tertiary alicyclic amines) is 1. The zero-order chi connectivity index (χ0) is 17.3. The lowest BCUT2D eigenvalue weighted by molar-refractivity contribution is 0.0605. The van der Waals surface area contributed by atoms with Crippen LogP contribution in [0, 0.1) is 0 Å². The minimum absolute atomic E-state index is 0.164. The van der Waals surface area contributed by atoms with E-state index in [0.717, 1.165) is 12.1 Å². The summed E-state index contributed by atoms with van der Waals surface area (Å²) in [7, 11) is 1.35. The van der Waals surface area contributed by atoms with Crippen LogP contribution in [0.5, 0.6) is 0 Å². The van der Waals surface area contributed by atoms with E-state index in [-0.39, 0.29) is 5.56 Å². The second kappa shape index (κ2) is 7.03. The van der Waals surface area contributed by atoms with Gasteiger partial charge in [0.15, 0.2) is 0 Å². The molecule has 0 spiro atoms. The lowest BCUT2D eigenvalue weighted by Crippen LogP contribution is -2.37. The smallest absolute Gasteiger partial charge is 0.348 e. The van der Waals surface area contributed by atoms with Gasteiger partial charge in [-0.05, 0) is 38.3 Å². The highest BCUT2D eigenvalue weighted by Crippen LogP contribution is 2.29. The molecule has 1 atom stereocenters. The van der Waals surface area contributed by atoms with Gasteiger partial charge in [0.1, 0.15) is 15.5 Å². The molecule has 0 bridgehead atoms. The number of piperidine rings is 1. The number of H-pyrrole nitrogens is 1. The fraction of sp³-hybridized carbons (Fsp3) is 0.588. The number of aromatic amines is 1. The average molecular weight is 349 g/mol. The Morgan fingerprint density at radius 3 is 2.92 bits per heavy atom. The highest BCUT2D eigenvalue weighted by Gasteiger charge is 2.23.